The van der Waals surface area contributed by atoms with Crippen LogP contribution in [0.3, 0.4) is 0 Å². The van der Waals surface area contributed by atoms with E-state index in [2.05, 4.69) is 48.1 Å². The van der Waals surface area contributed by atoms with E-state index in [1.54, 1.807) is 0 Å². The van der Waals surface area contributed by atoms with E-state index < -0.39 is 0 Å². The molecule has 0 saturated carbocycles. The van der Waals surface area contributed by atoms with Gasteiger partial charge in [0.1, 0.15) is 0 Å². The Balaban J connectivity index is 0.00000441. The maximum absolute atomic E-state index is 4.70. The van der Waals surface area contributed by atoms with E-state index in [0.717, 1.165) is 38.6 Å². The van der Waals surface area contributed by atoms with Crippen LogP contribution < -0.4 is 10.6 Å². The lowest BCUT2D eigenvalue weighted by Gasteiger charge is -2.35. The first-order valence-corrected chi connectivity index (χ1v) is 8.66. The second-order valence-corrected chi connectivity index (χ2v) is 5.99. The van der Waals surface area contributed by atoms with Crippen LogP contribution in [0.4, 0.5) is 0 Å². The maximum Gasteiger partial charge on any atom is 0.191 e. The van der Waals surface area contributed by atoms with Crippen LogP contribution in [-0.2, 0) is 0 Å². The monoisotopic (exact) mass is 425 g/mol. The SMILES string of the molecule is CCCNC(=NCC(C)CN1CCN(CC)CC1)NCC.I. The van der Waals surface area contributed by atoms with Crippen LogP contribution >= 0.6 is 24.0 Å². The second kappa shape index (κ2) is 13.4. The highest BCUT2D eigenvalue weighted by molar-refractivity contribution is 14.0. The van der Waals surface area contributed by atoms with Crippen molar-refractivity contribution < 1.29 is 0 Å². The number of aliphatic imine (C=N–C) groups is 1. The van der Waals surface area contributed by atoms with Gasteiger partial charge in [0.2, 0.25) is 0 Å². The standard InChI is InChI=1S/C16H35N5.HI/c1-5-8-18-16(17-6-2)19-13-15(4)14-21-11-9-20(7-3)10-12-21;/h15H,5-14H2,1-4H3,(H2,17,18,19);1H. The highest BCUT2D eigenvalue weighted by Crippen LogP contribution is 2.06. The fourth-order valence-corrected chi connectivity index (χ4v) is 2.62. The topological polar surface area (TPSA) is 42.9 Å². The van der Waals surface area contributed by atoms with E-state index in [1.807, 2.05) is 0 Å². The average Bonchev–Trinajstić information content (AvgIpc) is 2.51. The first-order chi connectivity index (χ1) is 10.2. The third-order valence-corrected chi connectivity index (χ3v) is 3.93. The molecule has 132 valence electrons. The van der Waals surface area contributed by atoms with Gasteiger partial charge in [0, 0.05) is 52.4 Å². The Morgan fingerprint density at radius 1 is 1.05 bits per heavy atom. The van der Waals surface area contributed by atoms with E-state index in [0.29, 0.717) is 5.92 Å². The molecule has 5 nitrogen and oxygen atoms in total. The van der Waals surface area contributed by atoms with Crippen molar-refractivity contribution in [3.05, 3.63) is 0 Å². The fraction of sp³-hybridized carbons (Fsp3) is 0.938. The van der Waals surface area contributed by atoms with Gasteiger partial charge in [-0.15, -0.1) is 24.0 Å². The summed E-state index contributed by atoms with van der Waals surface area (Å²) in [5.74, 6) is 1.57. The molecule has 1 aliphatic heterocycles. The molecule has 0 bridgehead atoms. The van der Waals surface area contributed by atoms with Gasteiger partial charge in [-0.1, -0.05) is 20.8 Å². The number of hydrogen-bond acceptors (Lipinski definition) is 3. The molecule has 6 heteroatoms. The van der Waals surface area contributed by atoms with Crippen LogP contribution in [0.5, 0.6) is 0 Å². The Morgan fingerprint density at radius 3 is 2.23 bits per heavy atom. The summed E-state index contributed by atoms with van der Waals surface area (Å²) in [6, 6.07) is 0. The molecular weight excluding hydrogens is 389 g/mol. The fourth-order valence-electron chi connectivity index (χ4n) is 2.62. The minimum absolute atomic E-state index is 0. The van der Waals surface area contributed by atoms with Crippen molar-refractivity contribution in [3.63, 3.8) is 0 Å². The molecule has 1 unspecified atom stereocenters. The summed E-state index contributed by atoms with van der Waals surface area (Å²) in [5.41, 5.74) is 0. The van der Waals surface area contributed by atoms with Crippen LogP contribution in [-0.4, -0.2) is 74.7 Å². The Bertz CT molecular complexity index is 290. The number of guanidine groups is 1. The average molecular weight is 425 g/mol. The van der Waals surface area contributed by atoms with Crippen molar-refractivity contribution in [3.8, 4) is 0 Å². The first-order valence-electron chi connectivity index (χ1n) is 8.66. The Labute approximate surface area is 154 Å². The normalized spacial score (nSPS) is 18.6. The zero-order valence-electron chi connectivity index (χ0n) is 14.9. The molecule has 1 rings (SSSR count). The lowest BCUT2D eigenvalue weighted by molar-refractivity contribution is 0.125. The van der Waals surface area contributed by atoms with Crippen LogP contribution in [0.15, 0.2) is 4.99 Å². The van der Waals surface area contributed by atoms with Gasteiger partial charge in [-0.3, -0.25) is 4.99 Å². The number of nitrogens with zero attached hydrogens (tertiary/aromatic N) is 3. The molecule has 1 atom stereocenters. The van der Waals surface area contributed by atoms with Crippen LogP contribution in [0, 0.1) is 5.92 Å². The molecule has 0 radical (unpaired) electrons. The van der Waals surface area contributed by atoms with Gasteiger partial charge in [0.15, 0.2) is 5.96 Å². The van der Waals surface area contributed by atoms with E-state index in [1.165, 1.54) is 32.7 Å². The van der Waals surface area contributed by atoms with Gasteiger partial charge in [0.25, 0.3) is 0 Å². The molecule has 0 aromatic rings. The summed E-state index contributed by atoms with van der Waals surface area (Å²) in [6.07, 6.45) is 1.13. The Hall–Kier alpha value is -0.0800. The maximum atomic E-state index is 4.70. The molecule has 0 aromatic carbocycles. The largest absolute Gasteiger partial charge is 0.357 e. The van der Waals surface area contributed by atoms with Gasteiger partial charge >= 0.3 is 0 Å². The number of piperazine rings is 1. The van der Waals surface area contributed by atoms with Gasteiger partial charge < -0.3 is 20.4 Å². The van der Waals surface area contributed by atoms with Crippen molar-refractivity contribution >= 4 is 29.9 Å². The number of rotatable bonds is 8. The lowest BCUT2D eigenvalue weighted by Crippen LogP contribution is -2.47. The Kier molecular flexibility index (Phi) is 13.3. The van der Waals surface area contributed by atoms with Crippen molar-refractivity contribution in [2.24, 2.45) is 10.9 Å². The van der Waals surface area contributed by atoms with Gasteiger partial charge in [-0.2, -0.15) is 0 Å². The minimum atomic E-state index is 0. The molecule has 1 saturated heterocycles. The van der Waals surface area contributed by atoms with Crippen molar-refractivity contribution in [2.75, 3.05) is 58.9 Å². The first kappa shape index (κ1) is 21.9. The minimum Gasteiger partial charge on any atom is -0.357 e. The summed E-state index contributed by atoms with van der Waals surface area (Å²) in [6.45, 7) is 18.8. The molecule has 0 aliphatic carbocycles. The highest BCUT2D eigenvalue weighted by Gasteiger charge is 2.17. The van der Waals surface area contributed by atoms with E-state index in [-0.39, 0.29) is 24.0 Å². The number of hydrogen-bond donors (Lipinski definition) is 2. The zero-order valence-corrected chi connectivity index (χ0v) is 17.2. The molecule has 1 heterocycles. The molecular formula is C16H36IN5. The molecule has 2 N–H and O–H groups in total. The van der Waals surface area contributed by atoms with Gasteiger partial charge in [-0.25, -0.2) is 0 Å². The second-order valence-electron chi connectivity index (χ2n) is 5.99. The third-order valence-electron chi connectivity index (χ3n) is 3.93. The highest BCUT2D eigenvalue weighted by atomic mass is 127. The van der Waals surface area contributed by atoms with Crippen molar-refractivity contribution in [1.82, 2.24) is 20.4 Å². The third kappa shape index (κ3) is 9.15. The van der Waals surface area contributed by atoms with Crippen molar-refractivity contribution in [2.45, 2.75) is 34.1 Å². The summed E-state index contributed by atoms with van der Waals surface area (Å²) in [4.78, 5) is 9.81. The smallest absolute Gasteiger partial charge is 0.191 e. The van der Waals surface area contributed by atoms with Crippen LogP contribution in [0.25, 0.3) is 0 Å². The number of nitrogens with one attached hydrogen (secondary N) is 2. The van der Waals surface area contributed by atoms with Crippen LogP contribution in [0.2, 0.25) is 0 Å². The predicted molar refractivity (Wildman–Crippen MR) is 107 cm³/mol. The zero-order chi connectivity index (χ0) is 15.5. The van der Waals surface area contributed by atoms with Gasteiger partial charge in [-0.05, 0) is 25.8 Å². The Morgan fingerprint density at radius 2 is 1.68 bits per heavy atom. The number of likely N-dealkylation sites (N-methyl/N-ethyl adjacent to an activating group) is 1. The van der Waals surface area contributed by atoms with Gasteiger partial charge in [0.05, 0.1) is 0 Å². The predicted octanol–water partition coefficient (Wildman–Crippen LogP) is 1.84. The molecule has 22 heavy (non-hydrogen) atoms. The summed E-state index contributed by atoms with van der Waals surface area (Å²) >= 11 is 0. The summed E-state index contributed by atoms with van der Waals surface area (Å²) in [5, 5.41) is 6.67. The van der Waals surface area contributed by atoms with E-state index in [9.17, 15) is 0 Å². The van der Waals surface area contributed by atoms with Crippen molar-refractivity contribution in [1.29, 1.82) is 0 Å². The molecule has 1 aliphatic rings. The lowest BCUT2D eigenvalue weighted by atomic mass is 10.1. The van der Waals surface area contributed by atoms with E-state index in [4.69, 9.17) is 4.99 Å². The summed E-state index contributed by atoms with van der Waals surface area (Å²) in [7, 11) is 0. The van der Waals surface area contributed by atoms with E-state index >= 15 is 0 Å². The molecule has 0 amide bonds. The quantitative estimate of drug-likeness (QED) is 0.354. The number of halogens is 1. The molecule has 0 spiro atoms. The van der Waals surface area contributed by atoms with Crippen LogP contribution in [0.1, 0.15) is 34.1 Å². The molecule has 1 fully saturated rings. The summed E-state index contributed by atoms with van der Waals surface area (Å²) < 4.78 is 0. The molecule has 0 aromatic heterocycles.